The number of hydrogen-bond donors (Lipinski definition) is 4. The van der Waals surface area contributed by atoms with Crippen molar-refractivity contribution in [2.75, 3.05) is 17.2 Å². The standard InChI is InChI=1S/C24H24FN7O/c1-24(2)13-26-9-15-7-17(3-4-20(15)24)31-23(33)18-8-16(25)11-29-21(18)28-10-14-5-6-27-22-19(14)12-30-32-22/h3-8,11-12,26H,9-10,13H2,1-2H3,(H,28,29)(H,31,33)(H,27,30,32). The van der Waals surface area contributed by atoms with E-state index in [1.54, 1.807) is 12.4 Å². The number of anilines is 2. The summed E-state index contributed by atoms with van der Waals surface area (Å²) in [5, 5.41) is 17.1. The fraction of sp³-hybridized carbons (Fsp3) is 0.250. The van der Waals surface area contributed by atoms with Crippen molar-refractivity contribution in [1.82, 2.24) is 25.5 Å². The SMILES string of the molecule is CC1(C)CNCc2cc(NC(=O)c3cc(F)cnc3NCc3ccnc4[nH]ncc34)ccc21. The first kappa shape index (κ1) is 21.0. The predicted octanol–water partition coefficient (Wildman–Crippen LogP) is 3.74. The summed E-state index contributed by atoms with van der Waals surface area (Å²) in [6.07, 6.45) is 4.46. The number of hydrogen-bond acceptors (Lipinski definition) is 6. The van der Waals surface area contributed by atoms with Gasteiger partial charge in [-0.25, -0.2) is 14.4 Å². The first-order valence-electron chi connectivity index (χ1n) is 10.7. The number of benzene rings is 1. The quantitative estimate of drug-likeness (QED) is 0.373. The monoisotopic (exact) mass is 445 g/mol. The molecule has 3 aromatic heterocycles. The molecule has 4 heterocycles. The maximum atomic E-state index is 14.0. The van der Waals surface area contributed by atoms with Crippen molar-refractivity contribution in [2.24, 2.45) is 0 Å². The topological polar surface area (TPSA) is 108 Å². The number of carbonyl (C=O) groups is 1. The smallest absolute Gasteiger partial charge is 0.259 e. The normalized spacial score (nSPS) is 14.6. The summed E-state index contributed by atoms with van der Waals surface area (Å²) in [5.74, 6) is -0.720. The molecular formula is C24H24FN7O. The zero-order chi connectivity index (χ0) is 23.0. The zero-order valence-electron chi connectivity index (χ0n) is 18.4. The second-order valence-electron chi connectivity index (χ2n) is 8.82. The van der Waals surface area contributed by atoms with Crippen LogP contribution < -0.4 is 16.0 Å². The number of fused-ring (bicyclic) bond motifs is 2. The molecule has 33 heavy (non-hydrogen) atoms. The highest BCUT2D eigenvalue weighted by atomic mass is 19.1. The van der Waals surface area contributed by atoms with Gasteiger partial charge in [-0.3, -0.25) is 9.89 Å². The van der Waals surface area contributed by atoms with Crippen LogP contribution in [0.15, 0.2) is 48.9 Å². The Labute approximate surface area is 190 Å². The number of rotatable bonds is 5. The number of nitrogens with zero attached hydrogens (tertiary/aromatic N) is 3. The Kier molecular flexibility index (Phi) is 5.26. The number of amides is 1. The minimum atomic E-state index is -0.580. The van der Waals surface area contributed by atoms with Gasteiger partial charge >= 0.3 is 0 Å². The molecule has 8 nitrogen and oxygen atoms in total. The van der Waals surface area contributed by atoms with Crippen molar-refractivity contribution in [2.45, 2.75) is 32.4 Å². The van der Waals surface area contributed by atoms with E-state index >= 15 is 0 Å². The van der Waals surface area contributed by atoms with Gasteiger partial charge in [-0.1, -0.05) is 19.9 Å². The van der Waals surface area contributed by atoms with Crippen LogP contribution in [0.4, 0.5) is 15.9 Å². The highest BCUT2D eigenvalue weighted by Gasteiger charge is 2.27. The van der Waals surface area contributed by atoms with Gasteiger partial charge in [0.2, 0.25) is 0 Å². The summed E-state index contributed by atoms with van der Waals surface area (Å²) < 4.78 is 14.0. The Bertz CT molecular complexity index is 1350. The summed E-state index contributed by atoms with van der Waals surface area (Å²) in [6.45, 7) is 6.39. The second-order valence-corrected chi connectivity index (χ2v) is 8.82. The largest absolute Gasteiger partial charge is 0.365 e. The summed E-state index contributed by atoms with van der Waals surface area (Å²) in [4.78, 5) is 21.4. The van der Waals surface area contributed by atoms with Gasteiger partial charge in [0.15, 0.2) is 5.65 Å². The number of halogens is 1. The average Bonchev–Trinajstić information content (AvgIpc) is 3.27. The molecule has 1 aliphatic heterocycles. The van der Waals surface area contributed by atoms with Gasteiger partial charge < -0.3 is 16.0 Å². The second kappa shape index (κ2) is 8.25. The third kappa shape index (κ3) is 4.14. The highest BCUT2D eigenvalue weighted by Crippen LogP contribution is 2.31. The van der Waals surface area contributed by atoms with Crippen molar-refractivity contribution in [3.8, 4) is 0 Å². The molecular weight excluding hydrogens is 421 g/mol. The maximum Gasteiger partial charge on any atom is 0.259 e. The summed E-state index contributed by atoms with van der Waals surface area (Å²) in [5.41, 5.74) is 4.80. The molecule has 0 aliphatic carbocycles. The van der Waals surface area contributed by atoms with Gasteiger partial charge in [0.05, 0.1) is 18.0 Å². The van der Waals surface area contributed by atoms with Crippen LogP contribution in [-0.2, 0) is 18.5 Å². The van der Waals surface area contributed by atoms with E-state index in [4.69, 9.17) is 0 Å². The lowest BCUT2D eigenvalue weighted by Crippen LogP contribution is -2.38. The van der Waals surface area contributed by atoms with Crippen LogP contribution in [0, 0.1) is 5.82 Å². The van der Waals surface area contributed by atoms with E-state index in [0.717, 1.165) is 35.8 Å². The molecule has 0 atom stereocenters. The lowest BCUT2D eigenvalue weighted by molar-refractivity contribution is 0.102. The van der Waals surface area contributed by atoms with Gasteiger partial charge in [0.25, 0.3) is 5.91 Å². The first-order valence-corrected chi connectivity index (χ1v) is 10.7. The van der Waals surface area contributed by atoms with Gasteiger partial charge in [-0.15, -0.1) is 0 Å². The van der Waals surface area contributed by atoms with E-state index in [2.05, 4.69) is 50.0 Å². The van der Waals surface area contributed by atoms with Crippen molar-refractivity contribution >= 4 is 28.4 Å². The molecule has 0 radical (unpaired) electrons. The molecule has 0 saturated heterocycles. The molecule has 1 amide bonds. The van der Waals surface area contributed by atoms with Crippen LogP contribution in [0.1, 0.15) is 40.9 Å². The van der Waals surface area contributed by atoms with Crippen LogP contribution >= 0.6 is 0 Å². The lowest BCUT2D eigenvalue weighted by Gasteiger charge is -2.33. The van der Waals surface area contributed by atoms with Gasteiger partial charge in [-0.2, -0.15) is 5.10 Å². The molecule has 1 aromatic carbocycles. The van der Waals surface area contributed by atoms with Crippen LogP contribution in [-0.4, -0.2) is 32.6 Å². The molecule has 5 rings (SSSR count). The molecule has 0 saturated carbocycles. The fourth-order valence-electron chi connectivity index (χ4n) is 4.27. The van der Waals surface area contributed by atoms with Gasteiger partial charge in [-0.05, 0) is 41.0 Å². The Hall–Kier alpha value is -3.85. The molecule has 0 fully saturated rings. The number of nitrogens with one attached hydrogen (secondary N) is 4. The summed E-state index contributed by atoms with van der Waals surface area (Å²) >= 11 is 0. The zero-order valence-corrected chi connectivity index (χ0v) is 18.4. The third-order valence-electron chi connectivity index (χ3n) is 5.96. The van der Waals surface area contributed by atoms with Crippen molar-refractivity contribution in [3.63, 3.8) is 0 Å². The molecule has 9 heteroatoms. The maximum absolute atomic E-state index is 14.0. The van der Waals surface area contributed by atoms with Crippen LogP contribution in [0.3, 0.4) is 0 Å². The summed E-state index contributed by atoms with van der Waals surface area (Å²) in [7, 11) is 0. The summed E-state index contributed by atoms with van der Waals surface area (Å²) in [6, 6.07) is 8.95. The van der Waals surface area contributed by atoms with Gasteiger partial charge in [0, 0.05) is 42.3 Å². The van der Waals surface area contributed by atoms with Crippen molar-refractivity contribution in [1.29, 1.82) is 0 Å². The van der Waals surface area contributed by atoms with E-state index < -0.39 is 11.7 Å². The Morgan fingerprint density at radius 1 is 1.18 bits per heavy atom. The van der Waals surface area contributed by atoms with E-state index in [9.17, 15) is 9.18 Å². The number of carbonyl (C=O) groups excluding carboxylic acids is 1. The number of aromatic nitrogens is 4. The van der Waals surface area contributed by atoms with Crippen molar-refractivity contribution < 1.29 is 9.18 Å². The van der Waals surface area contributed by atoms with Crippen LogP contribution in [0.5, 0.6) is 0 Å². The van der Waals surface area contributed by atoms with E-state index in [0.29, 0.717) is 23.7 Å². The molecule has 0 spiro atoms. The van der Waals surface area contributed by atoms with Crippen LogP contribution in [0.2, 0.25) is 0 Å². The Balaban J connectivity index is 1.37. The molecule has 0 unspecified atom stereocenters. The van der Waals surface area contributed by atoms with E-state index in [1.165, 1.54) is 11.6 Å². The molecule has 4 aromatic rings. The third-order valence-corrected chi connectivity index (χ3v) is 5.96. The fourth-order valence-corrected chi connectivity index (χ4v) is 4.27. The van der Waals surface area contributed by atoms with E-state index in [-0.39, 0.29) is 11.0 Å². The highest BCUT2D eigenvalue weighted by molar-refractivity contribution is 6.07. The first-order chi connectivity index (χ1) is 15.9. The van der Waals surface area contributed by atoms with Crippen LogP contribution in [0.25, 0.3) is 11.0 Å². The average molecular weight is 446 g/mol. The number of aromatic amines is 1. The van der Waals surface area contributed by atoms with Crippen molar-refractivity contribution in [3.05, 3.63) is 77.0 Å². The minimum absolute atomic E-state index is 0.0209. The Morgan fingerprint density at radius 2 is 2.06 bits per heavy atom. The van der Waals surface area contributed by atoms with Gasteiger partial charge in [0.1, 0.15) is 11.6 Å². The van der Waals surface area contributed by atoms with E-state index in [1.807, 2.05) is 24.3 Å². The molecule has 1 aliphatic rings. The molecule has 0 bridgehead atoms. The Morgan fingerprint density at radius 3 is 2.94 bits per heavy atom. The lowest BCUT2D eigenvalue weighted by atomic mass is 9.79. The number of H-pyrrole nitrogens is 1. The molecule has 168 valence electrons. The number of pyridine rings is 2. The minimum Gasteiger partial charge on any atom is -0.365 e. The predicted molar refractivity (Wildman–Crippen MR) is 125 cm³/mol. The molecule has 4 N–H and O–H groups in total.